The van der Waals surface area contributed by atoms with E-state index >= 15 is 0 Å². The monoisotopic (exact) mass is 277 g/mol. The first-order chi connectivity index (χ1) is 9.57. The molecule has 1 atom stereocenters. The highest BCUT2D eigenvalue weighted by molar-refractivity contribution is 5.31. The molecule has 0 bridgehead atoms. The van der Waals surface area contributed by atoms with Gasteiger partial charge in [-0.1, -0.05) is 39.2 Å². The number of nitrogens with one attached hydrogen (secondary N) is 1. The average molecular weight is 277 g/mol. The summed E-state index contributed by atoms with van der Waals surface area (Å²) in [6.07, 6.45) is 7.54. The van der Waals surface area contributed by atoms with Gasteiger partial charge in [0.15, 0.2) is 0 Å². The minimum atomic E-state index is -0.117. The molecule has 1 saturated carbocycles. The summed E-state index contributed by atoms with van der Waals surface area (Å²) >= 11 is 0. The van der Waals surface area contributed by atoms with Crippen molar-refractivity contribution in [1.82, 2.24) is 5.32 Å². The fourth-order valence-electron chi connectivity index (χ4n) is 3.59. The molecule has 1 nitrogen and oxygen atoms in total. The molecule has 0 saturated heterocycles. The van der Waals surface area contributed by atoms with Crippen LogP contribution in [0.4, 0.5) is 4.39 Å². The maximum Gasteiger partial charge on any atom is 0.123 e. The van der Waals surface area contributed by atoms with Gasteiger partial charge < -0.3 is 5.32 Å². The summed E-state index contributed by atoms with van der Waals surface area (Å²) in [5.41, 5.74) is 2.61. The standard InChI is InChI=1S/C18H28FN/c1-4-12-20-17(18(3)10-6-5-7-11-18)16-13-15(19)9-8-14(16)2/h8-9,13,17,20H,4-7,10-12H2,1-3H3. The van der Waals surface area contributed by atoms with Gasteiger partial charge in [0.25, 0.3) is 0 Å². The molecule has 0 radical (unpaired) electrons. The molecule has 0 heterocycles. The molecule has 1 aromatic rings. The van der Waals surface area contributed by atoms with Crippen LogP contribution >= 0.6 is 0 Å². The maximum atomic E-state index is 13.7. The first-order valence-corrected chi connectivity index (χ1v) is 8.06. The van der Waals surface area contributed by atoms with Crippen LogP contribution in [0.1, 0.15) is 69.5 Å². The molecular formula is C18H28FN. The van der Waals surface area contributed by atoms with E-state index in [1.54, 1.807) is 12.1 Å². The molecular weight excluding hydrogens is 249 g/mol. The highest BCUT2D eigenvalue weighted by Gasteiger charge is 2.36. The lowest BCUT2D eigenvalue weighted by Crippen LogP contribution is -2.38. The Morgan fingerprint density at radius 1 is 1.25 bits per heavy atom. The first kappa shape index (κ1) is 15.5. The van der Waals surface area contributed by atoms with Crippen molar-refractivity contribution in [2.24, 2.45) is 5.41 Å². The van der Waals surface area contributed by atoms with Gasteiger partial charge in [0.1, 0.15) is 5.82 Å². The first-order valence-electron chi connectivity index (χ1n) is 8.06. The molecule has 1 unspecified atom stereocenters. The van der Waals surface area contributed by atoms with E-state index in [1.807, 2.05) is 6.07 Å². The van der Waals surface area contributed by atoms with Gasteiger partial charge in [0, 0.05) is 6.04 Å². The molecule has 112 valence electrons. The van der Waals surface area contributed by atoms with Crippen LogP contribution in [-0.4, -0.2) is 6.54 Å². The Morgan fingerprint density at radius 3 is 2.60 bits per heavy atom. The van der Waals surface area contributed by atoms with Crippen LogP contribution in [0.25, 0.3) is 0 Å². The quantitative estimate of drug-likeness (QED) is 0.785. The third kappa shape index (κ3) is 3.41. The van der Waals surface area contributed by atoms with E-state index in [1.165, 1.54) is 37.7 Å². The average Bonchev–Trinajstić information content (AvgIpc) is 2.43. The van der Waals surface area contributed by atoms with Gasteiger partial charge in [0.2, 0.25) is 0 Å². The van der Waals surface area contributed by atoms with Gasteiger partial charge in [-0.15, -0.1) is 0 Å². The lowest BCUT2D eigenvalue weighted by Gasteiger charge is -2.42. The second-order valence-corrected chi connectivity index (χ2v) is 6.60. The van der Waals surface area contributed by atoms with Crippen molar-refractivity contribution < 1.29 is 4.39 Å². The maximum absolute atomic E-state index is 13.7. The number of hydrogen-bond acceptors (Lipinski definition) is 1. The molecule has 1 aliphatic carbocycles. The molecule has 2 heteroatoms. The Labute approximate surface area is 123 Å². The summed E-state index contributed by atoms with van der Waals surface area (Å²) in [6.45, 7) is 7.66. The van der Waals surface area contributed by atoms with E-state index < -0.39 is 0 Å². The summed E-state index contributed by atoms with van der Waals surface area (Å²) in [5.74, 6) is -0.117. The number of halogens is 1. The molecule has 0 aromatic heterocycles. The smallest absolute Gasteiger partial charge is 0.123 e. The van der Waals surface area contributed by atoms with E-state index in [4.69, 9.17) is 0 Å². The number of benzene rings is 1. The van der Waals surface area contributed by atoms with Crippen LogP contribution in [0.15, 0.2) is 18.2 Å². The fraction of sp³-hybridized carbons (Fsp3) is 0.667. The van der Waals surface area contributed by atoms with Crippen LogP contribution in [-0.2, 0) is 0 Å². The molecule has 20 heavy (non-hydrogen) atoms. The van der Waals surface area contributed by atoms with Crippen LogP contribution in [0.5, 0.6) is 0 Å². The summed E-state index contributed by atoms with van der Waals surface area (Å²) in [6, 6.07) is 5.50. The van der Waals surface area contributed by atoms with Crippen molar-refractivity contribution in [3.8, 4) is 0 Å². The second-order valence-electron chi connectivity index (χ2n) is 6.60. The molecule has 1 N–H and O–H groups in total. The van der Waals surface area contributed by atoms with Gasteiger partial charge in [-0.05, 0) is 61.4 Å². The van der Waals surface area contributed by atoms with E-state index in [-0.39, 0.29) is 17.3 Å². The molecule has 1 aromatic carbocycles. The normalized spacial score (nSPS) is 19.8. The molecule has 2 rings (SSSR count). The van der Waals surface area contributed by atoms with Crippen LogP contribution < -0.4 is 5.32 Å². The second kappa shape index (κ2) is 6.71. The minimum absolute atomic E-state index is 0.117. The molecule has 0 aliphatic heterocycles. The Balaban J connectivity index is 2.33. The van der Waals surface area contributed by atoms with Crippen LogP contribution in [0, 0.1) is 18.2 Å². The van der Waals surface area contributed by atoms with Gasteiger partial charge >= 0.3 is 0 Å². The van der Waals surface area contributed by atoms with Crippen molar-refractivity contribution in [2.75, 3.05) is 6.54 Å². The minimum Gasteiger partial charge on any atom is -0.309 e. The van der Waals surface area contributed by atoms with Crippen molar-refractivity contribution >= 4 is 0 Å². The van der Waals surface area contributed by atoms with Gasteiger partial charge in [-0.3, -0.25) is 0 Å². The Morgan fingerprint density at radius 2 is 1.95 bits per heavy atom. The van der Waals surface area contributed by atoms with E-state index in [0.717, 1.165) is 18.5 Å². The van der Waals surface area contributed by atoms with E-state index in [2.05, 4.69) is 26.1 Å². The number of rotatable bonds is 5. The lowest BCUT2D eigenvalue weighted by molar-refractivity contribution is 0.144. The van der Waals surface area contributed by atoms with E-state index in [9.17, 15) is 4.39 Å². The van der Waals surface area contributed by atoms with Crippen molar-refractivity contribution in [3.05, 3.63) is 35.1 Å². The number of aryl methyl sites for hydroxylation is 1. The van der Waals surface area contributed by atoms with Crippen LogP contribution in [0.2, 0.25) is 0 Å². The molecule has 1 aliphatic rings. The Hall–Kier alpha value is -0.890. The van der Waals surface area contributed by atoms with E-state index in [0.29, 0.717) is 0 Å². The fourth-order valence-corrected chi connectivity index (χ4v) is 3.59. The van der Waals surface area contributed by atoms with Gasteiger partial charge in [0.05, 0.1) is 0 Å². The lowest BCUT2D eigenvalue weighted by atomic mass is 9.68. The van der Waals surface area contributed by atoms with Gasteiger partial charge in [-0.25, -0.2) is 4.39 Å². The van der Waals surface area contributed by atoms with Crippen molar-refractivity contribution in [1.29, 1.82) is 0 Å². The van der Waals surface area contributed by atoms with Crippen molar-refractivity contribution in [3.63, 3.8) is 0 Å². The highest BCUT2D eigenvalue weighted by Crippen LogP contribution is 2.46. The van der Waals surface area contributed by atoms with Crippen LogP contribution in [0.3, 0.4) is 0 Å². The predicted octanol–water partition coefficient (Wildman–Crippen LogP) is 5.15. The summed E-state index contributed by atoms with van der Waals surface area (Å²) in [7, 11) is 0. The van der Waals surface area contributed by atoms with Gasteiger partial charge in [-0.2, -0.15) is 0 Å². The zero-order chi connectivity index (χ0) is 14.6. The topological polar surface area (TPSA) is 12.0 Å². The molecule has 1 fully saturated rings. The van der Waals surface area contributed by atoms with Crippen molar-refractivity contribution in [2.45, 2.75) is 65.3 Å². The third-order valence-electron chi connectivity index (χ3n) is 4.84. The zero-order valence-electron chi connectivity index (χ0n) is 13.1. The Bertz CT molecular complexity index is 435. The number of hydrogen-bond donors (Lipinski definition) is 1. The predicted molar refractivity (Wildman–Crippen MR) is 83.4 cm³/mol. The molecule has 0 amide bonds. The largest absolute Gasteiger partial charge is 0.309 e. The Kier molecular flexibility index (Phi) is 5.20. The summed E-state index contributed by atoms with van der Waals surface area (Å²) in [4.78, 5) is 0. The summed E-state index contributed by atoms with van der Waals surface area (Å²) < 4.78 is 13.7. The SMILES string of the molecule is CCCNC(c1cc(F)ccc1C)C1(C)CCCCC1. The zero-order valence-corrected chi connectivity index (χ0v) is 13.1. The highest BCUT2D eigenvalue weighted by atomic mass is 19.1. The third-order valence-corrected chi connectivity index (χ3v) is 4.84. The summed E-state index contributed by atoms with van der Waals surface area (Å²) in [5, 5.41) is 3.70. The molecule has 0 spiro atoms.